The van der Waals surface area contributed by atoms with Gasteiger partial charge >= 0.3 is 0 Å². The van der Waals surface area contributed by atoms with E-state index in [1.807, 2.05) is 24.3 Å². The van der Waals surface area contributed by atoms with Crippen LogP contribution in [0.1, 0.15) is 46.6 Å². The number of nitrogens with zero attached hydrogens (tertiary/aromatic N) is 4. The SMILES string of the molecule is CC[C@@H]1c2ccsc2CCN1Cn1nc(C)c(C)c(C#N)c1=O. The van der Waals surface area contributed by atoms with Crippen LogP contribution in [0.15, 0.2) is 16.2 Å². The number of nitriles is 1. The number of rotatable bonds is 3. The zero-order valence-electron chi connectivity index (χ0n) is 13.7. The minimum absolute atomic E-state index is 0.207. The summed E-state index contributed by atoms with van der Waals surface area (Å²) >= 11 is 1.81. The Morgan fingerprint density at radius 3 is 2.96 bits per heavy atom. The summed E-state index contributed by atoms with van der Waals surface area (Å²) in [5.41, 5.74) is 2.71. The van der Waals surface area contributed by atoms with Gasteiger partial charge in [0.25, 0.3) is 5.56 Å². The summed E-state index contributed by atoms with van der Waals surface area (Å²) in [6.45, 7) is 7.13. The summed E-state index contributed by atoms with van der Waals surface area (Å²) in [6, 6.07) is 4.53. The van der Waals surface area contributed by atoms with Crippen molar-refractivity contribution < 1.29 is 0 Å². The van der Waals surface area contributed by atoms with Gasteiger partial charge in [0.2, 0.25) is 0 Å². The average Bonchev–Trinajstić information content (AvgIpc) is 3.01. The fourth-order valence-electron chi connectivity index (χ4n) is 3.27. The van der Waals surface area contributed by atoms with E-state index in [2.05, 4.69) is 28.4 Å². The molecule has 0 radical (unpaired) electrons. The van der Waals surface area contributed by atoms with Gasteiger partial charge in [0, 0.05) is 17.5 Å². The van der Waals surface area contributed by atoms with Crippen molar-refractivity contribution in [3.8, 4) is 6.07 Å². The summed E-state index contributed by atoms with van der Waals surface area (Å²) in [7, 11) is 0. The van der Waals surface area contributed by atoms with Crippen LogP contribution in [0, 0.1) is 25.2 Å². The highest BCUT2D eigenvalue weighted by atomic mass is 32.1. The van der Waals surface area contributed by atoms with Crippen molar-refractivity contribution in [2.75, 3.05) is 6.54 Å². The summed E-state index contributed by atoms with van der Waals surface area (Å²) in [5, 5.41) is 15.8. The first-order valence-corrected chi connectivity index (χ1v) is 8.73. The number of hydrogen-bond donors (Lipinski definition) is 0. The molecule has 2 aromatic heterocycles. The fourth-order valence-corrected chi connectivity index (χ4v) is 4.20. The van der Waals surface area contributed by atoms with Crippen molar-refractivity contribution >= 4 is 11.3 Å². The maximum Gasteiger partial charge on any atom is 0.286 e. The quantitative estimate of drug-likeness (QED) is 0.869. The second kappa shape index (κ2) is 6.26. The van der Waals surface area contributed by atoms with E-state index in [9.17, 15) is 10.1 Å². The minimum Gasteiger partial charge on any atom is -0.277 e. The first kappa shape index (κ1) is 15.9. The smallest absolute Gasteiger partial charge is 0.277 e. The molecule has 5 nitrogen and oxygen atoms in total. The Labute approximate surface area is 139 Å². The summed E-state index contributed by atoms with van der Waals surface area (Å²) in [5.74, 6) is 0. The lowest BCUT2D eigenvalue weighted by Crippen LogP contribution is -2.40. The molecule has 1 aliphatic heterocycles. The molecule has 0 aliphatic carbocycles. The monoisotopic (exact) mass is 328 g/mol. The van der Waals surface area contributed by atoms with Crippen molar-refractivity contribution in [1.29, 1.82) is 5.26 Å². The molecule has 0 aromatic carbocycles. The fraction of sp³-hybridized carbons (Fsp3) is 0.471. The summed E-state index contributed by atoms with van der Waals surface area (Å²) in [4.78, 5) is 16.2. The number of aryl methyl sites for hydroxylation is 1. The summed E-state index contributed by atoms with van der Waals surface area (Å²) in [6.07, 6.45) is 2.00. The lowest BCUT2D eigenvalue weighted by molar-refractivity contribution is 0.127. The van der Waals surface area contributed by atoms with Gasteiger partial charge in [-0.2, -0.15) is 10.4 Å². The van der Waals surface area contributed by atoms with Gasteiger partial charge in [-0.25, -0.2) is 4.68 Å². The maximum atomic E-state index is 12.5. The third-order valence-electron chi connectivity index (χ3n) is 4.66. The molecule has 0 saturated carbocycles. The van der Waals surface area contributed by atoms with Crippen LogP contribution in [0.5, 0.6) is 0 Å². The van der Waals surface area contributed by atoms with E-state index in [4.69, 9.17) is 0 Å². The molecule has 3 rings (SSSR count). The van der Waals surface area contributed by atoms with Crippen molar-refractivity contribution in [3.05, 3.63) is 49.1 Å². The predicted molar refractivity (Wildman–Crippen MR) is 90.4 cm³/mol. The molecule has 0 N–H and O–H groups in total. The van der Waals surface area contributed by atoms with Gasteiger partial charge in [-0.1, -0.05) is 6.92 Å². The zero-order valence-corrected chi connectivity index (χ0v) is 14.5. The maximum absolute atomic E-state index is 12.5. The van der Waals surface area contributed by atoms with Gasteiger partial charge in [-0.05, 0) is 49.3 Å². The molecule has 0 unspecified atom stereocenters. The van der Waals surface area contributed by atoms with Gasteiger partial charge in [-0.15, -0.1) is 11.3 Å². The minimum atomic E-state index is -0.290. The van der Waals surface area contributed by atoms with E-state index in [-0.39, 0.29) is 11.1 Å². The Kier molecular flexibility index (Phi) is 4.33. The predicted octanol–water partition coefficient (Wildman–Crippen LogP) is 2.76. The third-order valence-corrected chi connectivity index (χ3v) is 5.65. The zero-order chi connectivity index (χ0) is 16.6. The molecule has 6 heteroatoms. The Balaban J connectivity index is 1.96. The molecule has 0 amide bonds. The van der Waals surface area contributed by atoms with Crippen LogP contribution in [-0.4, -0.2) is 21.2 Å². The van der Waals surface area contributed by atoms with E-state index in [1.54, 1.807) is 6.92 Å². The van der Waals surface area contributed by atoms with Crippen LogP contribution in [0.3, 0.4) is 0 Å². The first-order valence-electron chi connectivity index (χ1n) is 7.85. The highest BCUT2D eigenvalue weighted by Crippen LogP contribution is 2.35. The number of hydrogen-bond acceptors (Lipinski definition) is 5. The molecule has 0 fully saturated rings. The van der Waals surface area contributed by atoms with E-state index in [0.29, 0.717) is 18.3 Å². The second-order valence-electron chi connectivity index (χ2n) is 5.93. The molecule has 23 heavy (non-hydrogen) atoms. The Morgan fingerprint density at radius 1 is 1.48 bits per heavy atom. The van der Waals surface area contributed by atoms with Crippen LogP contribution >= 0.6 is 11.3 Å². The molecular weight excluding hydrogens is 308 g/mol. The molecule has 0 spiro atoms. The highest BCUT2D eigenvalue weighted by molar-refractivity contribution is 7.10. The second-order valence-corrected chi connectivity index (χ2v) is 6.93. The van der Waals surface area contributed by atoms with Crippen molar-refractivity contribution in [2.24, 2.45) is 0 Å². The normalized spacial score (nSPS) is 17.7. The van der Waals surface area contributed by atoms with Crippen LogP contribution < -0.4 is 5.56 Å². The lowest BCUT2D eigenvalue weighted by Gasteiger charge is -2.35. The Bertz CT molecular complexity index is 830. The Hall–Kier alpha value is -1.97. The third kappa shape index (κ3) is 2.71. The highest BCUT2D eigenvalue weighted by Gasteiger charge is 2.27. The average molecular weight is 328 g/mol. The van der Waals surface area contributed by atoms with E-state index in [1.165, 1.54) is 15.1 Å². The van der Waals surface area contributed by atoms with Crippen LogP contribution in [0.4, 0.5) is 0 Å². The molecule has 120 valence electrons. The van der Waals surface area contributed by atoms with Crippen LogP contribution in [-0.2, 0) is 13.1 Å². The topological polar surface area (TPSA) is 61.9 Å². The van der Waals surface area contributed by atoms with E-state index >= 15 is 0 Å². The van der Waals surface area contributed by atoms with Crippen molar-refractivity contribution in [3.63, 3.8) is 0 Å². The molecule has 0 bridgehead atoms. The molecule has 2 aromatic rings. The van der Waals surface area contributed by atoms with Crippen LogP contribution in [0.25, 0.3) is 0 Å². The largest absolute Gasteiger partial charge is 0.286 e. The Morgan fingerprint density at radius 2 is 2.26 bits per heavy atom. The van der Waals surface area contributed by atoms with Gasteiger partial charge < -0.3 is 0 Å². The van der Waals surface area contributed by atoms with Gasteiger partial charge in [0.1, 0.15) is 11.6 Å². The first-order chi connectivity index (χ1) is 11.1. The molecular formula is C17H20N4OS. The molecule has 1 atom stereocenters. The van der Waals surface area contributed by atoms with Crippen molar-refractivity contribution in [2.45, 2.75) is 46.3 Å². The van der Waals surface area contributed by atoms with Gasteiger partial charge in [0.05, 0.1) is 12.4 Å². The molecule has 0 saturated heterocycles. The molecule has 1 aliphatic rings. The number of thiophene rings is 1. The van der Waals surface area contributed by atoms with Gasteiger partial charge in [-0.3, -0.25) is 9.69 Å². The van der Waals surface area contributed by atoms with E-state index in [0.717, 1.165) is 25.1 Å². The number of aromatic nitrogens is 2. The van der Waals surface area contributed by atoms with Gasteiger partial charge in [0.15, 0.2) is 0 Å². The van der Waals surface area contributed by atoms with Crippen LogP contribution in [0.2, 0.25) is 0 Å². The number of fused-ring (bicyclic) bond motifs is 1. The standard InChI is InChI=1S/C17H20N4OS/c1-4-15-13-6-8-23-16(13)5-7-20(15)10-21-17(22)14(9-18)11(2)12(3)19-21/h6,8,15H,4-5,7,10H2,1-3H3/t15-/m1/s1. The molecule has 3 heterocycles. The van der Waals surface area contributed by atoms with Crippen molar-refractivity contribution in [1.82, 2.24) is 14.7 Å². The lowest BCUT2D eigenvalue weighted by atomic mass is 9.98. The van der Waals surface area contributed by atoms with E-state index < -0.39 is 0 Å². The summed E-state index contributed by atoms with van der Waals surface area (Å²) < 4.78 is 1.45.